The molecule has 1 saturated carbocycles. The van der Waals surface area contributed by atoms with Crippen LogP contribution in [-0.4, -0.2) is 58.1 Å². The largest absolute Gasteiger partial charge is 0.491 e. The first kappa shape index (κ1) is 35.0. The molecule has 1 unspecified atom stereocenters. The second kappa shape index (κ2) is 16.3. The summed E-state index contributed by atoms with van der Waals surface area (Å²) in [6, 6.07) is 13.1. The number of anilines is 1. The third-order valence-corrected chi connectivity index (χ3v) is 11.8. The zero-order chi connectivity index (χ0) is 34.2. The van der Waals surface area contributed by atoms with Gasteiger partial charge in [0.15, 0.2) is 0 Å². The second-order valence-corrected chi connectivity index (χ2v) is 15.5. The molecule has 3 aliphatic rings. The maximum Gasteiger partial charge on any atom is 0.286 e. The fraction of sp³-hybridized carbons (Fsp3) is 0.459. The SMILES string of the molecule is CO[C@H]1/C=C/CCCS(=O)(NC(=O)CCc2ccncn2)=NC(=O)c2ccc3c(c2)N(Cc2ccc(Cl)cc2CCCCO3)C[C@@H]2CC[C@H]21. The lowest BCUT2D eigenvalue weighted by molar-refractivity contribution is -0.119. The number of fused-ring (bicyclic) bond motifs is 3. The van der Waals surface area contributed by atoms with Crippen molar-refractivity contribution in [2.75, 3.05) is 30.9 Å². The van der Waals surface area contributed by atoms with E-state index in [4.69, 9.17) is 21.1 Å². The van der Waals surface area contributed by atoms with Gasteiger partial charge in [-0.1, -0.05) is 29.8 Å². The van der Waals surface area contributed by atoms with E-state index in [1.807, 2.05) is 12.1 Å². The van der Waals surface area contributed by atoms with Gasteiger partial charge in [0.05, 0.1) is 24.2 Å². The van der Waals surface area contributed by atoms with Gasteiger partial charge in [-0.2, -0.15) is 0 Å². The highest BCUT2D eigenvalue weighted by atomic mass is 35.5. The number of carbonyl (C=O) groups is 2. The van der Waals surface area contributed by atoms with E-state index in [0.717, 1.165) is 44.3 Å². The number of aromatic nitrogens is 2. The zero-order valence-electron chi connectivity index (χ0n) is 27.9. The Labute approximate surface area is 294 Å². The number of allylic oxidation sites excluding steroid dienone is 1. The molecule has 49 heavy (non-hydrogen) atoms. The number of methoxy groups -OCH3 is 1. The fourth-order valence-electron chi connectivity index (χ4n) is 6.86. The maximum absolute atomic E-state index is 14.2. The van der Waals surface area contributed by atoms with Crippen LogP contribution in [0.5, 0.6) is 5.75 Å². The Kier molecular flexibility index (Phi) is 11.6. The lowest BCUT2D eigenvalue weighted by Gasteiger charge is -2.43. The van der Waals surface area contributed by atoms with E-state index in [-0.39, 0.29) is 23.8 Å². The number of carbonyl (C=O) groups excluding carboxylic acids is 2. The number of rotatable bonds is 5. The van der Waals surface area contributed by atoms with E-state index >= 15 is 0 Å². The van der Waals surface area contributed by atoms with Crippen LogP contribution in [0.25, 0.3) is 0 Å². The molecule has 6 rings (SSSR count). The molecule has 3 aromatic rings. The summed E-state index contributed by atoms with van der Waals surface area (Å²) in [5.74, 6) is 0.324. The number of aryl methyl sites for hydroxylation is 2. The summed E-state index contributed by atoms with van der Waals surface area (Å²) in [5, 5.41) is 0.714. The molecular weight excluding hydrogens is 662 g/mol. The summed E-state index contributed by atoms with van der Waals surface area (Å²) in [7, 11) is -1.68. The minimum Gasteiger partial charge on any atom is -0.491 e. The average Bonchev–Trinajstić information content (AvgIpc) is 3.11. The molecule has 260 valence electrons. The minimum absolute atomic E-state index is 0.0333. The first-order valence-corrected chi connectivity index (χ1v) is 19.2. The monoisotopic (exact) mass is 705 g/mol. The lowest BCUT2D eigenvalue weighted by atomic mass is 9.70. The van der Waals surface area contributed by atoms with Gasteiger partial charge in [0.1, 0.15) is 22.0 Å². The smallest absolute Gasteiger partial charge is 0.286 e. The molecule has 1 aliphatic carbocycles. The van der Waals surface area contributed by atoms with Gasteiger partial charge in [0.2, 0.25) is 5.91 Å². The molecular formula is C37H44ClN5O5S. The van der Waals surface area contributed by atoms with Gasteiger partial charge in [0.25, 0.3) is 5.91 Å². The number of nitrogens with one attached hydrogen (secondary N) is 1. The van der Waals surface area contributed by atoms with Crippen LogP contribution in [0.1, 0.15) is 72.1 Å². The van der Waals surface area contributed by atoms with Crippen molar-refractivity contribution in [3.8, 4) is 5.75 Å². The van der Waals surface area contributed by atoms with Gasteiger partial charge >= 0.3 is 0 Å². The predicted molar refractivity (Wildman–Crippen MR) is 191 cm³/mol. The first-order chi connectivity index (χ1) is 23.8. The van der Waals surface area contributed by atoms with Crippen molar-refractivity contribution in [3.05, 3.63) is 94.5 Å². The van der Waals surface area contributed by atoms with Crippen molar-refractivity contribution in [3.63, 3.8) is 0 Å². The van der Waals surface area contributed by atoms with Crippen molar-refractivity contribution in [2.24, 2.45) is 16.2 Å². The predicted octanol–water partition coefficient (Wildman–Crippen LogP) is 6.52. The minimum atomic E-state index is -3.43. The summed E-state index contributed by atoms with van der Waals surface area (Å²) in [6.07, 6.45) is 13.5. The Balaban J connectivity index is 1.38. The van der Waals surface area contributed by atoms with E-state index in [0.29, 0.717) is 60.7 Å². The van der Waals surface area contributed by atoms with Crippen molar-refractivity contribution >= 4 is 39.0 Å². The third-order valence-electron chi connectivity index (χ3n) is 9.67. The van der Waals surface area contributed by atoms with Gasteiger partial charge in [0, 0.05) is 49.1 Å². The number of halogens is 1. The van der Waals surface area contributed by atoms with E-state index in [1.54, 1.807) is 31.5 Å². The average molecular weight is 706 g/mol. The van der Waals surface area contributed by atoms with Crippen LogP contribution in [-0.2, 0) is 38.8 Å². The van der Waals surface area contributed by atoms with Crippen LogP contribution in [0, 0.1) is 11.8 Å². The Bertz CT molecular complexity index is 1790. The Morgan fingerprint density at radius 2 is 2.02 bits per heavy atom. The molecule has 0 saturated heterocycles. The summed E-state index contributed by atoms with van der Waals surface area (Å²) in [4.78, 5) is 37.2. The van der Waals surface area contributed by atoms with Gasteiger partial charge in [-0.25, -0.2) is 14.2 Å². The standard InChI is InChI=1S/C37H44ClN5O5S/c1-47-34-8-3-2-6-20-49(46,41-36(44)16-13-31-17-18-39-25-40-31)42-37(45)27-11-15-35-33(22-27)43(24-29-10-14-32(29)34)23-28-9-12-30(38)21-26(28)7-4-5-19-48-35/h3,8-9,11-12,15,17-18,21-22,25,29,32,34H,2,4-7,10,13-14,16,19-20,23-24H2,1H3,(H,41,42,44,45,46)/b8-3+/t29-,32+,34-,49?/m0/s1. The molecule has 2 amide bonds. The maximum atomic E-state index is 14.2. The Morgan fingerprint density at radius 3 is 2.82 bits per heavy atom. The van der Waals surface area contributed by atoms with E-state index in [9.17, 15) is 13.8 Å². The number of ether oxygens (including phenoxy) is 2. The second-order valence-electron chi connectivity index (χ2n) is 13.0. The van der Waals surface area contributed by atoms with E-state index in [1.165, 1.54) is 17.5 Å². The van der Waals surface area contributed by atoms with E-state index in [2.05, 4.69) is 48.2 Å². The molecule has 10 nitrogen and oxygen atoms in total. The fourth-order valence-corrected chi connectivity index (χ4v) is 8.68. The molecule has 1 aromatic heterocycles. The number of hydrogen-bond donors (Lipinski definition) is 1. The van der Waals surface area contributed by atoms with Crippen molar-refractivity contribution in [1.82, 2.24) is 14.7 Å². The lowest BCUT2D eigenvalue weighted by Crippen LogP contribution is -2.43. The van der Waals surface area contributed by atoms with Crippen molar-refractivity contribution < 1.29 is 23.3 Å². The van der Waals surface area contributed by atoms with Crippen LogP contribution < -0.4 is 14.4 Å². The normalized spacial score (nSPS) is 25.2. The molecule has 2 bridgehead atoms. The van der Waals surface area contributed by atoms with Crippen LogP contribution in [0.15, 0.2) is 71.5 Å². The molecule has 3 heterocycles. The first-order valence-electron chi connectivity index (χ1n) is 17.1. The van der Waals surface area contributed by atoms with Crippen molar-refractivity contribution in [2.45, 2.75) is 70.4 Å². The van der Waals surface area contributed by atoms with Crippen LogP contribution in [0.3, 0.4) is 0 Å². The molecule has 2 aromatic carbocycles. The molecule has 12 heteroatoms. The molecule has 1 fully saturated rings. The van der Waals surface area contributed by atoms with Crippen LogP contribution >= 0.6 is 11.6 Å². The number of amides is 2. The summed E-state index contributed by atoms with van der Waals surface area (Å²) < 4.78 is 33.4. The summed E-state index contributed by atoms with van der Waals surface area (Å²) in [5.41, 5.74) is 4.15. The zero-order valence-corrected chi connectivity index (χ0v) is 29.5. The topological polar surface area (TPSA) is 123 Å². The quantitative estimate of drug-likeness (QED) is 0.298. The van der Waals surface area contributed by atoms with Gasteiger partial charge in [-0.3, -0.25) is 14.3 Å². The Hall–Kier alpha value is -3.80. The number of hydrogen-bond acceptors (Lipinski definition) is 8. The molecule has 0 spiro atoms. The molecule has 2 aliphatic heterocycles. The summed E-state index contributed by atoms with van der Waals surface area (Å²) >= 11 is 6.45. The van der Waals surface area contributed by atoms with Crippen LogP contribution in [0.2, 0.25) is 5.02 Å². The highest BCUT2D eigenvalue weighted by molar-refractivity contribution is 7.92. The molecule has 1 N–H and O–H groups in total. The van der Waals surface area contributed by atoms with Gasteiger partial charge < -0.3 is 14.4 Å². The van der Waals surface area contributed by atoms with Gasteiger partial charge in [-0.05, 0) is 111 Å². The highest BCUT2D eigenvalue weighted by Crippen LogP contribution is 2.42. The molecule has 0 radical (unpaired) electrons. The molecule has 4 atom stereocenters. The van der Waals surface area contributed by atoms with Gasteiger partial charge in [-0.15, -0.1) is 4.36 Å². The number of benzene rings is 2. The third kappa shape index (κ3) is 9.06. The summed E-state index contributed by atoms with van der Waals surface area (Å²) in [6.45, 7) is 1.88. The van der Waals surface area contributed by atoms with E-state index < -0.39 is 21.7 Å². The van der Waals surface area contributed by atoms with Crippen LogP contribution in [0.4, 0.5) is 5.69 Å². The highest BCUT2D eigenvalue weighted by Gasteiger charge is 2.38. The van der Waals surface area contributed by atoms with Crippen molar-refractivity contribution in [1.29, 1.82) is 0 Å². The Morgan fingerprint density at radius 1 is 1.12 bits per heavy atom. The number of nitrogens with zero attached hydrogens (tertiary/aromatic N) is 4.